The van der Waals surface area contributed by atoms with E-state index in [1.165, 1.54) is 25.5 Å². The van der Waals surface area contributed by atoms with Gasteiger partial charge >= 0.3 is 5.97 Å². The minimum atomic E-state index is -0.277. The molecule has 0 saturated carbocycles. The Kier molecular flexibility index (Phi) is 6.10. The number of esters is 1. The van der Waals surface area contributed by atoms with E-state index in [1.54, 1.807) is 0 Å². The zero-order valence-corrected chi connectivity index (χ0v) is 15.6. The van der Waals surface area contributed by atoms with Gasteiger partial charge in [-0.1, -0.05) is 12.1 Å². The van der Waals surface area contributed by atoms with Gasteiger partial charge in [-0.2, -0.15) is 0 Å². The van der Waals surface area contributed by atoms with Crippen molar-refractivity contribution in [1.29, 1.82) is 0 Å². The number of nitrogens with zero attached hydrogens (tertiary/aromatic N) is 2. The number of ether oxygens (including phenoxy) is 2. The van der Waals surface area contributed by atoms with Gasteiger partial charge in [0, 0.05) is 32.2 Å². The fourth-order valence-electron chi connectivity index (χ4n) is 4.14. The molecule has 3 atom stereocenters. The molecule has 5 heteroatoms. The Morgan fingerprint density at radius 2 is 1.88 bits per heavy atom. The molecule has 0 aliphatic carbocycles. The summed E-state index contributed by atoms with van der Waals surface area (Å²) >= 11 is 0. The highest BCUT2D eigenvalue weighted by Gasteiger charge is 2.29. The Bertz CT molecular complexity index is 565. The van der Waals surface area contributed by atoms with E-state index in [2.05, 4.69) is 23.6 Å². The van der Waals surface area contributed by atoms with Gasteiger partial charge in [-0.15, -0.1) is 0 Å². The summed E-state index contributed by atoms with van der Waals surface area (Å²) in [5.74, 6) is -0.277. The van der Waals surface area contributed by atoms with E-state index < -0.39 is 0 Å². The highest BCUT2D eigenvalue weighted by atomic mass is 16.5. The number of carbonyl (C=O) groups is 1. The summed E-state index contributed by atoms with van der Waals surface area (Å²) in [5.41, 5.74) is 1.86. The first-order valence-corrected chi connectivity index (χ1v) is 9.34. The maximum Gasteiger partial charge on any atom is 0.337 e. The van der Waals surface area contributed by atoms with Crippen LogP contribution < -0.4 is 0 Å². The molecule has 2 aliphatic heterocycles. The quantitative estimate of drug-likeness (QED) is 0.767. The van der Waals surface area contributed by atoms with E-state index in [1.807, 2.05) is 24.3 Å². The maximum atomic E-state index is 11.5. The van der Waals surface area contributed by atoms with E-state index >= 15 is 0 Å². The summed E-state index contributed by atoms with van der Waals surface area (Å²) in [6.45, 7) is 9.61. The number of hydrogen-bond donors (Lipinski definition) is 0. The average Bonchev–Trinajstić information content (AvgIpc) is 3.00. The second-order valence-corrected chi connectivity index (χ2v) is 7.43. The summed E-state index contributed by atoms with van der Waals surface area (Å²) in [7, 11) is 1.42. The molecule has 0 aromatic heterocycles. The van der Waals surface area contributed by atoms with Gasteiger partial charge in [-0.05, 0) is 50.9 Å². The molecule has 1 aromatic carbocycles. The van der Waals surface area contributed by atoms with Crippen LogP contribution in [-0.4, -0.2) is 67.3 Å². The van der Waals surface area contributed by atoms with E-state index in [0.717, 1.165) is 32.7 Å². The third-order valence-electron chi connectivity index (χ3n) is 5.22. The highest BCUT2D eigenvalue weighted by molar-refractivity contribution is 5.89. The predicted octanol–water partition coefficient (Wildman–Crippen LogP) is 2.55. The lowest BCUT2D eigenvalue weighted by molar-refractivity contribution is -0.0724. The third kappa shape index (κ3) is 4.81. The van der Waals surface area contributed by atoms with Gasteiger partial charge < -0.3 is 9.47 Å². The van der Waals surface area contributed by atoms with E-state index in [4.69, 9.17) is 9.47 Å². The van der Waals surface area contributed by atoms with Crippen LogP contribution in [-0.2, 0) is 16.0 Å². The first-order valence-electron chi connectivity index (χ1n) is 9.34. The van der Waals surface area contributed by atoms with Gasteiger partial charge in [0.05, 0.1) is 24.9 Å². The second-order valence-electron chi connectivity index (χ2n) is 7.43. The molecule has 5 nitrogen and oxygen atoms in total. The fraction of sp³-hybridized carbons (Fsp3) is 0.650. The zero-order chi connectivity index (χ0) is 17.8. The Balaban J connectivity index is 1.57. The standard InChI is InChI=1S/C20H30N2O3/c1-15-11-21(12-16(2)25-15)14-19-5-4-10-22(19)13-17-6-8-18(9-7-17)20(23)24-3/h6-9,15-16,19H,4-5,10-14H2,1-3H3/t15-,16+,19-/m1/s1. The Hall–Kier alpha value is -1.43. The number of rotatable bonds is 5. The molecule has 2 aliphatic rings. The Morgan fingerprint density at radius 1 is 1.20 bits per heavy atom. The molecule has 2 heterocycles. The summed E-state index contributed by atoms with van der Waals surface area (Å²) in [5, 5.41) is 0. The molecule has 25 heavy (non-hydrogen) atoms. The normalized spacial score (nSPS) is 28.2. The zero-order valence-electron chi connectivity index (χ0n) is 15.6. The topological polar surface area (TPSA) is 42.0 Å². The van der Waals surface area contributed by atoms with Crippen LogP contribution in [0.25, 0.3) is 0 Å². The molecular formula is C20H30N2O3. The molecule has 0 amide bonds. The van der Waals surface area contributed by atoms with Crippen molar-refractivity contribution >= 4 is 5.97 Å². The molecule has 0 spiro atoms. The van der Waals surface area contributed by atoms with E-state index in [9.17, 15) is 4.79 Å². The molecule has 0 radical (unpaired) electrons. The van der Waals surface area contributed by atoms with Crippen LogP contribution in [0.5, 0.6) is 0 Å². The number of methoxy groups -OCH3 is 1. The maximum absolute atomic E-state index is 11.5. The van der Waals surface area contributed by atoms with Gasteiger partial charge in [0.15, 0.2) is 0 Å². The van der Waals surface area contributed by atoms with Crippen molar-refractivity contribution in [2.75, 3.05) is 33.3 Å². The smallest absolute Gasteiger partial charge is 0.337 e. The van der Waals surface area contributed by atoms with Crippen LogP contribution in [0.1, 0.15) is 42.6 Å². The van der Waals surface area contributed by atoms with Crippen LogP contribution in [0, 0.1) is 0 Å². The van der Waals surface area contributed by atoms with Crippen molar-refractivity contribution in [2.24, 2.45) is 0 Å². The largest absolute Gasteiger partial charge is 0.465 e. The number of likely N-dealkylation sites (tertiary alicyclic amines) is 1. The van der Waals surface area contributed by atoms with Crippen LogP contribution in [0.2, 0.25) is 0 Å². The lowest BCUT2D eigenvalue weighted by Crippen LogP contribution is -2.50. The van der Waals surface area contributed by atoms with Crippen LogP contribution in [0.15, 0.2) is 24.3 Å². The van der Waals surface area contributed by atoms with E-state index in [0.29, 0.717) is 23.8 Å². The minimum absolute atomic E-state index is 0.277. The van der Waals surface area contributed by atoms with Crippen LogP contribution >= 0.6 is 0 Å². The van der Waals surface area contributed by atoms with Crippen LogP contribution in [0.3, 0.4) is 0 Å². The summed E-state index contributed by atoms with van der Waals surface area (Å²) in [4.78, 5) is 16.7. The summed E-state index contributed by atoms with van der Waals surface area (Å²) in [6.07, 6.45) is 3.18. The van der Waals surface area contributed by atoms with Gasteiger partial charge in [0.25, 0.3) is 0 Å². The van der Waals surface area contributed by atoms with E-state index in [-0.39, 0.29) is 5.97 Å². The third-order valence-corrected chi connectivity index (χ3v) is 5.22. The second kappa shape index (κ2) is 8.30. The Morgan fingerprint density at radius 3 is 2.52 bits per heavy atom. The SMILES string of the molecule is COC(=O)c1ccc(CN2CCC[C@@H]2CN2C[C@@H](C)O[C@@H](C)C2)cc1. The van der Waals surface area contributed by atoms with Crippen molar-refractivity contribution in [2.45, 2.75) is 51.5 Å². The number of hydrogen-bond acceptors (Lipinski definition) is 5. The molecule has 0 unspecified atom stereocenters. The average molecular weight is 346 g/mol. The predicted molar refractivity (Wildman–Crippen MR) is 97.7 cm³/mol. The lowest BCUT2D eigenvalue weighted by atomic mass is 10.1. The van der Waals surface area contributed by atoms with Crippen molar-refractivity contribution in [3.63, 3.8) is 0 Å². The lowest BCUT2D eigenvalue weighted by Gasteiger charge is -2.38. The molecular weight excluding hydrogens is 316 g/mol. The number of benzene rings is 1. The number of morpholine rings is 1. The van der Waals surface area contributed by atoms with Crippen molar-refractivity contribution < 1.29 is 14.3 Å². The number of carbonyl (C=O) groups excluding carboxylic acids is 1. The van der Waals surface area contributed by atoms with Gasteiger partial charge in [-0.25, -0.2) is 4.79 Å². The minimum Gasteiger partial charge on any atom is -0.465 e. The Labute approximate surface area is 150 Å². The summed E-state index contributed by atoms with van der Waals surface area (Å²) in [6, 6.07) is 8.41. The molecule has 2 fully saturated rings. The molecule has 138 valence electrons. The van der Waals surface area contributed by atoms with Crippen molar-refractivity contribution in [1.82, 2.24) is 9.80 Å². The molecule has 2 saturated heterocycles. The van der Waals surface area contributed by atoms with Crippen molar-refractivity contribution in [3.8, 4) is 0 Å². The molecule has 1 aromatic rings. The highest BCUT2D eigenvalue weighted by Crippen LogP contribution is 2.23. The first-order chi connectivity index (χ1) is 12.0. The summed E-state index contributed by atoms with van der Waals surface area (Å²) < 4.78 is 10.6. The first kappa shape index (κ1) is 18.4. The fourth-order valence-corrected chi connectivity index (χ4v) is 4.14. The van der Waals surface area contributed by atoms with Gasteiger partial charge in [0.2, 0.25) is 0 Å². The van der Waals surface area contributed by atoms with Crippen LogP contribution in [0.4, 0.5) is 0 Å². The molecule has 3 rings (SSSR count). The van der Waals surface area contributed by atoms with Gasteiger partial charge in [-0.3, -0.25) is 9.80 Å². The monoisotopic (exact) mass is 346 g/mol. The van der Waals surface area contributed by atoms with Gasteiger partial charge in [0.1, 0.15) is 0 Å². The van der Waals surface area contributed by atoms with Crippen molar-refractivity contribution in [3.05, 3.63) is 35.4 Å². The molecule has 0 N–H and O–H groups in total. The molecule has 0 bridgehead atoms.